The van der Waals surface area contributed by atoms with Gasteiger partial charge in [0.1, 0.15) is 0 Å². The molecule has 2 aromatic rings. The SMILES string of the molecule is CSc1c(NC2CC(NC(=O)C3CC3)NC3CCNC(=O)C23)cccc1-c1cnn(C2CCOCC2)c1. The van der Waals surface area contributed by atoms with Crippen LogP contribution < -0.4 is 21.3 Å². The van der Waals surface area contributed by atoms with Gasteiger partial charge < -0.3 is 20.7 Å². The summed E-state index contributed by atoms with van der Waals surface area (Å²) in [6.45, 7) is 2.22. The Morgan fingerprint density at radius 1 is 1.19 bits per heavy atom. The molecule has 4 heterocycles. The average molecular weight is 525 g/mol. The van der Waals surface area contributed by atoms with E-state index < -0.39 is 0 Å². The average Bonchev–Trinajstić information content (AvgIpc) is 3.66. The Labute approximate surface area is 221 Å². The Kier molecular flexibility index (Phi) is 7.14. The van der Waals surface area contributed by atoms with E-state index in [0.717, 1.165) is 67.0 Å². The summed E-state index contributed by atoms with van der Waals surface area (Å²) in [5.41, 5.74) is 3.24. The Morgan fingerprint density at radius 3 is 2.81 bits per heavy atom. The van der Waals surface area contributed by atoms with Gasteiger partial charge >= 0.3 is 0 Å². The lowest BCUT2D eigenvalue weighted by Gasteiger charge is -2.45. The predicted molar refractivity (Wildman–Crippen MR) is 143 cm³/mol. The molecule has 10 heteroatoms. The van der Waals surface area contributed by atoms with Gasteiger partial charge in [-0.2, -0.15) is 5.10 Å². The zero-order valence-electron chi connectivity index (χ0n) is 21.2. The number of thioether (sulfide) groups is 1. The zero-order chi connectivity index (χ0) is 25.4. The summed E-state index contributed by atoms with van der Waals surface area (Å²) in [7, 11) is 0. The maximum atomic E-state index is 13.0. The van der Waals surface area contributed by atoms with Crippen LogP contribution in [0, 0.1) is 11.8 Å². The Bertz CT molecular complexity index is 1140. The molecular formula is C27H36N6O3S. The van der Waals surface area contributed by atoms with E-state index in [2.05, 4.69) is 61.7 Å². The van der Waals surface area contributed by atoms with Crippen molar-refractivity contribution in [3.05, 3.63) is 30.6 Å². The van der Waals surface area contributed by atoms with Crippen molar-refractivity contribution in [2.45, 2.75) is 67.7 Å². The largest absolute Gasteiger partial charge is 0.381 e. The fourth-order valence-corrected chi connectivity index (χ4v) is 6.77. The molecule has 2 amide bonds. The lowest BCUT2D eigenvalue weighted by molar-refractivity contribution is -0.129. The number of carbonyl (C=O) groups is 2. The molecule has 1 aromatic carbocycles. The van der Waals surface area contributed by atoms with Gasteiger partial charge in [0, 0.05) is 72.1 Å². The summed E-state index contributed by atoms with van der Waals surface area (Å²) in [6, 6.07) is 6.61. The maximum Gasteiger partial charge on any atom is 0.226 e. The van der Waals surface area contributed by atoms with Crippen molar-refractivity contribution in [2.24, 2.45) is 11.8 Å². The van der Waals surface area contributed by atoms with Crippen LogP contribution in [-0.2, 0) is 14.3 Å². The summed E-state index contributed by atoms with van der Waals surface area (Å²) >= 11 is 1.70. The molecule has 4 fully saturated rings. The van der Waals surface area contributed by atoms with Crippen LogP contribution in [0.4, 0.5) is 5.69 Å². The molecule has 1 saturated carbocycles. The highest BCUT2D eigenvalue weighted by Gasteiger charge is 2.45. The first kappa shape index (κ1) is 24.8. The molecular weight excluding hydrogens is 488 g/mol. The second-order valence-electron chi connectivity index (χ2n) is 10.6. The normalized spacial score (nSPS) is 28.3. The summed E-state index contributed by atoms with van der Waals surface area (Å²) < 4.78 is 7.60. The molecule has 3 aliphatic heterocycles. The van der Waals surface area contributed by atoms with Gasteiger partial charge in [-0.25, -0.2) is 0 Å². The molecule has 4 N–H and O–H groups in total. The van der Waals surface area contributed by atoms with E-state index in [4.69, 9.17) is 4.74 Å². The van der Waals surface area contributed by atoms with Crippen molar-refractivity contribution in [3.8, 4) is 11.1 Å². The smallest absolute Gasteiger partial charge is 0.226 e. The number of hydrogen-bond acceptors (Lipinski definition) is 7. The molecule has 0 bridgehead atoms. The minimum Gasteiger partial charge on any atom is -0.381 e. The number of ether oxygens (including phenoxy) is 1. The fourth-order valence-electron chi connectivity index (χ4n) is 6.02. The third kappa shape index (κ3) is 5.24. The second kappa shape index (κ2) is 10.7. The van der Waals surface area contributed by atoms with Crippen LogP contribution in [0.25, 0.3) is 11.1 Å². The lowest BCUT2D eigenvalue weighted by atomic mass is 9.80. The van der Waals surface area contributed by atoms with Gasteiger partial charge in [0.15, 0.2) is 0 Å². The first-order valence-electron chi connectivity index (χ1n) is 13.5. The molecule has 1 aromatic heterocycles. The van der Waals surface area contributed by atoms with Crippen molar-refractivity contribution in [2.75, 3.05) is 31.3 Å². The van der Waals surface area contributed by atoms with Crippen molar-refractivity contribution < 1.29 is 14.3 Å². The first-order chi connectivity index (χ1) is 18.1. The summed E-state index contributed by atoms with van der Waals surface area (Å²) in [4.78, 5) is 26.6. The van der Waals surface area contributed by atoms with E-state index in [9.17, 15) is 9.59 Å². The van der Waals surface area contributed by atoms with Crippen LogP contribution in [0.3, 0.4) is 0 Å². The third-order valence-electron chi connectivity index (χ3n) is 8.13. The number of nitrogens with one attached hydrogen (secondary N) is 4. The topological polar surface area (TPSA) is 109 Å². The third-order valence-corrected chi connectivity index (χ3v) is 8.98. The number of fused-ring (bicyclic) bond motifs is 1. The second-order valence-corrected chi connectivity index (χ2v) is 11.5. The number of carbonyl (C=O) groups excluding carboxylic acids is 2. The van der Waals surface area contributed by atoms with E-state index in [1.54, 1.807) is 11.8 Å². The van der Waals surface area contributed by atoms with Gasteiger partial charge in [0.25, 0.3) is 0 Å². The molecule has 6 rings (SSSR count). The summed E-state index contributed by atoms with van der Waals surface area (Å²) in [5.74, 6) is 0.163. The Morgan fingerprint density at radius 2 is 2.03 bits per heavy atom. The molecule has 0 spiro atoms. The number of anilines is 1. The highest BCUT2D eigenvalue weighted by molar-refractivity contribution is 7.98. The number of aromatic nitrogens is 2. The maximum absolute atomic E-state index is 13.0. The Hall–Kier alpha value is -2.56. The fraction of sp³-hybridized carbons (Fsp3) is 0.593. The van der Waals surface area contributed by atoms with Gasteiger partial charge in [-0.15, -0.1) is 11.8 Å². The summed E-state index contributed by atoms with van der Waals surface area (Å²) in [6.07, 6.45) is 11.5. The molecule has 4 unspecified atom stereocenters. The minimum atomic E-state index is -0.197. The van der Waals surface area contributed by atoms with Crippen LogP contribution in [0.5, 0.6) is 0 Å². The number of hydrogen-bond donors (Lipinski definition) is 4. The number of benzene rings is 1. The summed E-state index contributed by atoms with van der Waals surface area (Å²) in [5, 5.41) is 18.2. The standard InChI is InChI=1S/C27H36N6O3S/c1-37-25-19(17-14-29-33(15-17)18-8-11-36-12-9-18)3-2-4-21(25)30-22-13-23(32-26(34)16-5-6-16)31-20-7-10-28-27(35)24(20)22/h2-4,14-16,18,20,22-24,30-31H,5-13H2,1H3,(H,28,35)(H,32,34). The van der Waals surface area contributed by atoms with Gasteiger partial charge in [-0.05, 0) is 44.4 Å². The van der Waals surface area contributed by atoms with E-state index >= 15 is 0 Å². The van der Waals surface area contributed by atoms with Crippen LogP contribution >= 0.6 is 11.8 Å². The number of amides is 2. The van der Waals surface area contributed by atoms with Gasteiger partial charge in [0.2, 0.25) is 11.8 Å². The lowest BCUT2D eigenvalue weighted by Crippen LogP contribution is -2.66. The molecule has 3 saturated heterocycles. The molecule has 9 nitrogen and oxygen atoms in total. The van der Waals surface area contributed by atoms with Gasteiger partial charge in [-0.3, -0.25) is 19.6 Å². The van der Waals surface area contributed by atoms with Crippen molar-refractivity contribution in [1.82, 2.24) is 25.7 Å². The number of nitrogens with zero attached hydrogens (tertiary/aromatic N) is 2. The van der Waals surface area contributed by atoms with Crippen LogP contribution in [0.15, 0.2) is 35.5 Å². The van der Waals surface area contributed by atoms with E-state index in [1.165, 1.54) is 0 Å². The highest BCUT2D eigenvalue weighted by atomic mass is 32.2. The Balaban J connectivity index is 1.25. The van der Waals surface area contributed by atoms with E-state index in [0.29, 0.717) is 19.0 Å². The van der Waals surface area contributed by atoms with E-state index in [1.807, 2.05) is 6.20 Å². The van der Waals surface area contributed by atoms with Crippen molar-refractivity contribution >= 4 is 29.3 Å². The van der Waals surface area contributed by atoms with Crippen molar-refractivity contribution in [1.29, 1.82) is 0 Å². The van der Waals surface area contributed by atoms with Gasteiger partial charge in [0.05, 0.1) is 24.3 Å². The highest BCUT2D eigenvalue weighted by Crippen LogP contribution is 2.39. The molecule has 0 radical (unpaired) electrons. The molecule has 4 aliphatic rings. The zero-order valence-corrected chi connectivity index (χ0v) is 22.1. The van der Waals surface area contributed by atoms with Gasteiger partial charge in [-0.1, -0.05) is 12.1 Å². The van der Waals surface area contributed by atoms with Crippen molar-refractivity contribution in [3.63, 3.8) is 0 Å². The monoisotopic (exact) mass is 524 g/mol. The molecule has 37 heavy (non-hydrogen) atoms. The first-order valence-corrected chi connectivity index (χ1v) is 14.7. The quantitative estimate of drug-likeness (QED) is 0.413. The number of rotatable bonds is 7. The van der Waals surface area contributed by atoms with E-state index in [-0.39, 0.29) is 41.9 Å². The molecule has 1 aliphatic carbocycles. The molecule has 4 atom stereocenters. The van der Waals surface area contributed by atoms with Crippen LogP contribution in [0.1, 0.15) is 44.6 Å². The predicted octanol–water partition coefficient (Wildman–Crippen LogP) is 2.75. The number of piperidine rings is 2. The van der Waals surface area contributed by atoms with Crippen LogP contribution in [-0.4, -0.2) is 65.9 Å². The van der Waals surface area contributed by atoms with Crippen LogP contribution in [0.2, 0.25) is 0 Å². The molecule has 198 valence electrons. The minimum absolute atomic E-state index is 0.0307.